The molecule has 0 saturated carbocycles. The Kier molecular flexibility index (Phi) is 5.98. The molecule has 0 radical (unpaired) electrons. The van der Waals surface area contributed by atoms with Crippen LogP contribution in [0.5, 0.6) is 0 Å². The zero-order valence-corrected chi connectivity index (χ0v) is 10.4. The van der Waals surface area contributed by atoms with Gasteiger partial charge in [-0.25, -0.2) is 0 Å². The number of rotatable bonds is 7. The normalized spacial score (nSPS) is 11.6. The molecule has 0 atom stereocenters. The van der Waals surface area contributed by atoms with Crippen LogP contribution >= 0.6 is 0 Å². The van der Waals surface area contributed by atoms with Crippen LogP contribution in [0.15, 0.2) is 24.3 Å². The third kappa shape index (κ3) is 5.40. The quantitative estimate of drug-likeness (QED) is 0.751. The van der Waals surface area contributed by atoms with E-state index in [1.165, 1.54) is 12.1 Å². The number of nitrogens with one attached hydrogen (secondary N) is 1. The zero-order chi connectivity index (χ0) is 13.4. The van der Waals surface area contributed by atoms with E-state index >= 15 is 0 Å². The lowest BCUT2D eigenvalue weighted by Crippen LogP contribution is -2.10. The maximum absolute atomic E-state index is 12.3. The minimum absolute atomic E-state index is 0.557. The highest BCUT2D eigenvalue weighted by Crippen LogP contribution is 2.29. The van der Waals surface area contributed by atoms with Crippen LogP contribution in [-0.4, -0.2) is 19.8 Å². The molecule has 0 amide bonds. The second-order valence-electron chi connectivity index (χ2n) is 3.97. The molecule has 1 N–H and O–H groups in total. The van der Waals surface area contributed by atoms with Crippen LogP contribution in [0.1, 0.15) is 25.3 Å². The first-order valence-corrected chi connectivity index (χ1v) is 6.03. The predicted molar refractivity (Wildman–Crippen MR) is 65.7 cm³/mol. The smallest absolute Gasteiger partial charge is 0.383 e. The van der Waals surface area contributed by atoms with E-state index in [-0.39, 0.29) is 0 Å². The van der Waals surface area contributed by atoms with Crippen molar-refractivity contribution in [3.8, 4) is 0 Å². The van der Waals surface area contributed by atoms with Gasteiger partial charge >= 0.3 is 6.18 Å². The van der Waals surface area contributed by atoms with E-state index in [9.17, 15) is 13.2 Å². The Bertz CT molecular complexity index is 335. The third-order valence-electron chi connectivity index (χ3n) is 2.43. The molecule has 0 aromatic heterocycles. The van der Waals surface area contributed by atoms with Crippen molar-refractivity contribution in [2.45, 2.75) is 25.9 Å². The summed E-state index contributed by atoms with van der Waals surface area (Å²) in [5.74, 6) is 0. The molecule has 0 unspecified atom stereocenters. The molecule has 5 heteroatoms. The third-order valence-corrected chi connectivity index (χ3v) is 2.43. The first-order valence-electron chi connectivity index (χ1n) is 6.03. The Balaban J connectivity index is 2.27. The van der Waals surface area contributed by atoms with E-state index < -0.39 is 11.7 Å². The Hall–Kier alpha value is -1.23. The number of hydrogen-bond donors (Lipinski definition) is 1. The standard InChI is InChI=1S/C13H18F3NO/c1-2-3-9-18-10-8-17-12-6-4-11(5-7-12)13(14,15)16/h4-7,17H,2-3,8-10H2,1H3. The SMILES string of the molecule is CCCCOCCNc1ccc(C(F)(F)F)cc1. The molecular weight excluding hydrogens is 243 g/mol. The molecule has 0 fully saturated rings. The van der Waals surface area contributed by atoms with Crippen molar-refractivity contribution in [1.29, 1.82) is 0 Å². The van der Waals surface area contributed by atoms with E-state index in [0.717, 1.165) is 31.6 Å². The number of halogens is 3. The summed E-state index contributed by atoms with van der Waals surface area (Å²) in [6.45, 7) is 3.96. The van der Waals surface area contributed by atoms with Crippen LogP contribution in [-0.2, 0) is 10.9 Å². The van der Waals surface area contributed by atoms with Crippen LogP contribution in [0.25, 0.3) is 0 Å². The van der Waals surface area contributed by atoms with Gasteiger partial charge in [0.05, 0.1) is 12.2 Å². The maximum atomic E-state index is 12.3. The highest BCUT2D eigenvalue weighted by molar-refractivity contribution is 5.45. The van der Waals surface area contributed by atoms with Crippen LogP contribution < -0.4 is 5.32 Å². The number of unbranched alkanes of at least 4 members (excludes halogenated alkanes) is 1. The number of ether oxygens (including phenoxy) is 1. The van der Waals surface area contributed by atoms with Crippen LogP contribution in [0.3, 0.4) is 0 Å². The second kappa shape index (κ2) is 7.26. The van der Waals surface area contributed by atoms with Gasteiger partial charge in [0.1, 0.15) is 0 Å². The highest BCUT2D eigenvalue weighted by Gasteiger charge is 2.29. The largest absolute Gasteiger partial charge is 0.416 e. The molecule has 0 aliphatic heterocycles. The lowest BCUT2D eigenvalue weighted by Gasteiger charge is -2.09. The van der Waals surface area contributed by atoms with Crippen molar-refractivity contribution < 1.29 is 17.9 Å². The second-order valence-corrected chi connectivity index (χ2v) is 3.97. The fraction of sp³-hybridized carbons (Fsp3) is 0.538. The highest BCUT2D eigenvalue weighted by atomic mass is 19.4. The monoisotopic (exact) mass is 261 g/mol. The molecule has 0 heterocycles. The summed E-state index contributed by atoms with van der Waals surface area (Å²) in [7, 11) is 0. The molecule has 0 aliphatic rings. The average Bonchev–Trinajstić information content (AvgIpc) is 2.33. The molecular formula is C13H18F3NO. The number of alkyl halides is 3. The van der Waals surface area contributed by atoms with Crippen molar-refractivity contribution in [1.82, 2.24) is 0 Å². The molecule has 0 aliphatic carbocycles. The summed E-state index contributed by atoms with van der Waals surface area (Å²) in [5.41, 5.74) is 0.0364. The molecule has 102 valence electrons. The van der Waals surface area contributed by atoms with E-state index in [0.29, 0.717) is 18.8 Å². The Labute approximate surface area is 105 Å². The van der Waals surface area contributed by atoms with Gasteiger partial charge in [0, 0.05) is 18.8 Å². The summed E-state index contributed by atoms with van der Waals surface area (Å²) in [6.07, 6.45) is -2.16. The average molecular weight is 261 g/mol. The Morgan fingerprint density at radius 3 is 2.33 bits per heavy atom. The van der Waals surface area contributed by atoms with Crippen molar-refractivity contribution in [3.05, 3.63) is 29.8 Å². The molecule has 2 nitrogen and oxygen atoms in total. The number of anilines is 1. The van der Waals surface area contributed by atoms with Crippen molar-refractivity contribution >= 4 is 5.69 Å². The van der Waals surface area contributed by atoms with Gasteiger partial charge in [-0.3, -0.25) is 0 Å². The maximum Gasteiger partial charge on any atom is 0.416 e. The van der Waals surface area contributed by atoms with Crippen LogP contribution in [0.4, 0.5) is 18.9 Å². The lowest BCUT2D eigenvalue weighted by atomic mass is 10.2. The Morgan fingerprint density at radius 1 is 1.11 bits per heavy atom. The predicted octanol–water partition coefficient (Wildman–Crippen LogP) is 3.93. The van der Waals surface area contributed by atoms with Gasteiger partial charge in [-0.15, -0.1) is 0 Å². The van der Waals surface area contributed by atoms with Crippen molar-refractivity contribution in [3.63, 3.8) is 0 Å². The van der Waals surface area contributed by atoms with Gasteiger partial charge in [0.2, 0.25) is 0 Å². The fourth-order valence-corrected chi connectivity index (χ4v) is 1.39. The molecule has 1 rings (SSSR count). The summed E-state index contributed by atoms with van der Waals surface area (Å²) in [5, 5.41) is 3.01. The summed E-state index contributed by atoms with van der Waals surface area (Å²) >= 11 is 0. The summed E-state index contributed by atoms with van der Waals surface area (Å²) < 4.78 is 42.2. The summed E-state index contributed by atoms with van der Waals surface area (Å²) in [4.78, 5) is 0. The van der Waals surface area contributed by atoms with Gasteiger partial charge in [-0.05, 0) is 30.7 Å². The lowest BCUT2D eigenvalue weighted by molar-refractivity contribution is -0.137. The van der Waals surface area contributed by atoms with E-state index in [1.54, 1.807) is 0 Å². The Morgan fingerprint density at radius 2 is 1.78 bits per heavy atom. The van der Waals surface area contributed by atoms with Gasteiger partial charge in [0.25, 0.3) is 0 Å². The first kappa shape index (κ1) is 14.8. The zero-order valence-electron chi connectivity index (χ0n) is 10.4. The molecule has 1 aromatic rings. The van der Waals surface area contributed by atoms with Gasteiger partial charge in [-0.2, -0.15) is 13.2 Å². The van der Waals surface area contributed by atoms with E-state index in [1.807, 2.05) is 0 Å². The molecule has 18 heavy (non-hydrogen) atoms. The van der Waals surface area contributed by atoms with Crippen molar-refractivity contribution in [2.24, 2.45) is 0 Å². The van der Waals surface area contributed by atoms with Gasteiger partial charge < -0.3 is 10.1 Å². The van der Waals surface area contributed by atoms with E-state index in [4.69, 9.17) is 4.74 Å². The fourth-order valence-electron chi connectivity index (χ4n) is 1.39. The minimum atomic E-state index is -4.28. The summed E-state index contributed by atoms with van der Waals surface area (Å²) in [6, 6.07) is 4.99. The van der Waals surface area contributed by atoms with E-state index in [2.05, 4.69) is 12.2 Å². The minimum Gasteiger partial charge on any atom is -0.383 e. The molecule has 0 saturated heterocycles. The molecule has 0 spiro atoms. The molecule has 0 bridgehead atoms. The number of hydrogen-bond acceptors (Lipinski definition) is 2. The topological polar surface area (TPSA) is 21.3 Å². The van der Waals surface area contributed by atoms with Gasteiger partial charge in [0.15, 0.2) is 0 Å². The first-order chi connectivity index (χ1) is 8.54. The van der Waals surface area contributed by atoms with Gasteiger partial charge in [-0.1, -0.05) is 13.3 Å². The number of benzene rings is 1. The molecule has 1 aromatic carbocycles. The van der Waals surface area contributed by atoms with Crippen LogP contribution in [0.2, 0.25) is 0 Å². The van der Waals surface area contributed by atoms with Crippen LogP contribution in [0, 0.1) is 0 Å². The van der Waals surface area contributed by atoms with Crippen molar-refractivity contribution in [2.75, 3.05) is 25.1 Å².